The first-order valence-electron chi connectivity index (χ1n) is 9.25. The van der Waals surface area contributed by atoms with Crippen LogP contribution < -0.4 is 9.80 Å². The standard InChI is InChI=1S/C22H28N2/c1-15-9-11-17-7-5-13-23(3)21(17)19(15)20-16(2)10-12-18-8-6-14-24(4)22(18)20/h9-12H,5-8,13-14H2,1-4H3. The molecule has 0 saturated heterocycles. The molecule has 0 N–H and O–H groups in total. The van der Waals surface area contributed by atoms with Gasteiger partial charge in [0, 0.05) is 49.7 Å². The number of hydrogen-bond donors (Lipinski definition) is 0. The largest absolute Gasteiger partial charge is 0.374 e. The van der Waals surface area contributed by atoms with Crippen molar-refractivity contribution < 1.29 is 0 Å². The molecule has 0 aliphatic carbocycles. The molecule has 0 spiro atoms. The average molecular weight is 320 g/mol. The van der Waals surface area contributed by atoms with Crippen LogP contribution in [-0.2, 0) is 12.8 Å². The molecule has 2 aliphatic heterocycles. The Balaban J connectivity index is 2.05. The molecule has 2 aliphatic rings. The number of nitrogens with zero attached hydrogens (tertiary/aromatic N) is 2. The molecular weight excluding hydrogens is 292 g/mol. The lowest BCUT2D eigenvalue weighted by Crippen LogP contribution is -2.28. The van der Waals surface area contributed by atoms with E-state index in [-0.39, 0.29) is 0 Å². The Hall–Kier alpha value is -1.96. The molecule has 0 radical (unpaired) electrons. The van der Waals surface area contributed by atoms with Gasteiger partial charge in [0.15, 0.2) is 0 Å². The first kappa shape index (κ1) is 15.6. The van der Waals surface area contributed by atoms with Crippen LogP contribution in [-0.4, -0.2) is 27.2 Å². The Morgan fingerprint density at radius 2 is 1.08 bits per heavy atom. The van der Waals surface area contributed by atoms with E-state index in [1.165, 1.54) is 70.4 Å². The summed E-state index contributed by atoms with van der Waals surface area (Å²) in [6.07, 6.45) is 4.93. The van der Waals surface area contributed by atoms with Gasteiger partial charge in [-0.1, -0.05) is 24.3 Å². The van der Waals surface area contributed by atoms with Crippen molar-refractivity contribution in [2.45, 2.75) is 39.5 Å². The van der Waals surface area contributed by atoms with Gasteiger partial charge in [-0.3, -0.25) is 0 Å². The molecule has 0 saturated carbocycles. The summed E-state index contributed by atoms with van der Waals surface area (Å²) in [6, 6.07) is 9.35. The summed E-state index contributed by atoms with van der Waals surface area (Å²) in [5.74, 6) is 0. The lowest BCUT2D eigenvalue weighted by Gasteiger charge is -2.35. The molecule has 2 heteroatoms. The first-order valence-corrected chi connectivity index (χ1v) is 9.25. The van der Waals surface area contributed by atoms with Gasteiger partial charge >= 0.3 is 0 Å². The fourth-order valence-corrected chi connectivity index (χ4v) is 4.61. The van der Waals surface area contributed by atoms with Gasteiger partial charge in [0.1, 0.15) is 0 Å². The van der Waals surface area contributed by atoms with Crippen molar-refractivity contribution >= 4 is 11.4 Å². The second-order valence-corrected chi connectivity index (χ2v) is 7.58. The van der Waals surface area contributed by atoms with Gasteiger partial charge in [0.05, 0.1) is 0 Å². The van der Waals surface area contributed by atoms with Crippen LogP contribution in [0.25, 0.3) is 11.1 Å². The third-order valence-electron chi connectivity index (χ3n) is 5.83. The van der Waals surface area contributed by atoms with Gasteiger partial charge < -0.3 is 9.80 Å². The Morgan fingerprint density at radius 3 is 1.50 bits per heavy atom. The lowest BCUT2D eigenvalue weighted by atomic mass is 9.85. The van der Waals surface area contributed by atoms with E-state index in [2.05, 4.69) is 62.0 Å². The van der Waals surface area contributed by atoms with Crippen LogP contribution in [0.2, 0.25) is 0 Å². The minimum atomic E-state index is 1.16. The zero-order valence-corrected chi connectivity index (χ0v) is 15.4. The Labute approximate surface area is 146 Å². The molecule has 2 nitrogen and oxygen atoms in total. The highest BCUT2D eigenvalue weighted by Crippen LogP contribution is 2.46. The van der Waals surface area contributed by atoms with Crippen LogP contribution in [0.1, 0.15) is 35.1 Å². The maximum atomic E-state index is 2.48. The van der Waals surface area contributed by atoms with Crippen molar-refractivity contribution in [1.29, 1.82) is 0 Å². The van der Waals surface area contributed by atoms with Crippen molar-refractivity contribution in [2.75, 3.05) is 37.0 Å². The van der Waals surface area contributed by atoms with Crippen LogP contribution in [0.15, 0.2) is 24.3 Å². The minimum absolute atomic E-state index is 1.16. The monoisotopic (exact) mass is 320 g/mol. The van der Waals surface area contributed by atoms with Crippen molar-refractivity contribution in [1.82, 2.24) is 0 Å². The van der Waals surface area contributed by atoms with Crippen molar-refractivity contribution in [3.05, 3.63) is 46.5 Å². The quantitative estimate of drug-likeness (QED) is 0.749. The normalized spacial score (nSPS) is 16.8. The van der Waals surface area contributed by atoms with Crippen molar-refractivity contribution in [3.8, 4) is 11.1 Å². The van der Waals surface area contributed by atoms with Crippen LogP contribution >= 0.6 is 0 Å². The van der Waals surface area contributed by atoms with E-state index in [0.29, 0.717) is 0 Å². The Morgan fingerprint density at radius 1 is 0.667 bits per heavy atom. The fraction of sp³-hybridized carbons (Fsp3) is 0.455. The molecule has 0 bridgehead atoms. The number of rotatable bonds is 1. The summed E-state index contributed by atoms with van der Waals surface area (Å²) in [6.45, 7) is 6.88. The molecule has 2 heterocycles. The van der Waals surface area contributed by atoms with Gasteiger partial charge in [-0.15, -0.1) is 0 Å². The summed E-state index contributed by atoms with van der Waals surface area (Å²) < 4.78 is 0. The molecule has 2 aromatic rings. The summed E-state index contributed by atoms with van der Waals surface area (Å²) in [5, 5.41) is 0. The third-order valence-corrected chi connectivity index (χ3v) is 5.83. The van der Waals surface area contributed by atoms with Crippen LogP contribution in [0.4, 0.5) is 11.4 Å². The van der Waals surface area contributed by atoms with E-state index < -0.39 is 0 Å². The predicted molar refractivity (Wildman–Crippen MR) is 105 cm³/mol. The zero-order valence-electron chi connectivity index (χ0n) is 15.4. The first-order chi connectivity index (χ1) is 11.6. The zero-order chi connectivity index (χ0) is 16.8. The van der Waals surface area contributed by atoms with Crippen LogP contribution in [0, 0.1) is 13.8 Å². The third kappa shape index (κ3) is 2.31. The van der Waals surface area contributed by atoms with E-state index in [9.17, 15) is 0 Å². The van der Waals surface area contributed by atoms with E-state index in [1.807, 2.05) is 0 Å². The predicted octanol–water partition coefficient (Wildman–Crippen LogP) is 4.74. The number of fused-ring (bicyclic) bond motifs is 2. The van der Waals surface area contributed by atoms with Gasteiger partial charge in [-0.05, 0) is 61.8 Å². The highest BCUT2D eigenvalue weighted by molar-refractivity contribution is 5.93. The minimum Gasteiger partial charge on any atom is -0.374 e. The molecule has 4 rings (SSSR count). The topological polar surface area (TPSA) is 6.48 Å². The Bertz CT molecular complexity index is 724. The molecule has 2 aromatic carbocycles. The molecule has 0 amide bonds. The molecule has 0 fully saturated rings. The fourth-order valence-electron chi connectivity index (χ4n) is 4.61. The average Bonchev–Trinajstić information content (AvgIpc) is 2.57. The van der Waals surface area contributed by atoms with Crippen molar-refractivity contribution in [3.63, 3.8) is 0 Å². The van der Waals surface area contributed by atoms with E-state index in [4.69, 9.17) is 0 Å². The number of aryl methyl sites for hydroxylation is 4. The second-order valence-electron chi connectivity index (χ2n) is 7.58. The van der Waals surface area contributed by atoms with E-state index in [1.54, 1.807) is 0 Å². The molecule has 126 valence electrons. The molecule has 24 heavy (non-hydrogen) atoms. The van der Waals surface area contributed by atoms with E-state index in [0.717, 1.165) is 13.1 Å². The summed E-state index contributed by atoms with van der Waals surface area (Å²) >= 11 is 0. The smallest absolute Gasteiger partial charge is 0.0479 e. The number of benzene rings is 2. The second kappa shape index (κ2) is 5.84. The molecular formula is C22H28N2. The highest BCUT2D eigenvalue weighted by Gasteiger charge is 2.26. The van der Waals surface area contributed by atoms with Crippen LogP contribution in [0.3, 0.4) is 0 Å². The molecule has 0 atom stereocenters. The SMILES string of the molecule is Cc1ccc2c(c1-c1c(C)ccc3c1N(C)CCC3)N(C)CCC2. The highest BCUT2D eigenvalue weighted by atomic mass is 15.1. The Kier molecular flexibility index (Phi) is 3.79. The molecule has 0 unspecified atom stereocenters. The number of hydrogen-bond acceptors (Lipinski definition) is 2. The summed E-state index contributed by atoms with van der Waals surface area (Å²) in [4.78, 5) is 4.95. The van der Waals surface area contributed by atoms with Crippen LogP contribution in [0.5, 0.6) is 0 Å². The van der Waals surface area contributed by atoms with Crippen molar-refractivity contribution in [2.24, 2.45) is 0 Å². The van der Waals surface area contributed by atoms with Gasteiger partial charge in [-0.25, -0.2) is 0 Å². The van der Waals surface area contributed by atoms with Gasteiger partial charge in [0.25, 0.3) is 0 Å². The summed E-state index contributed by atoms with van der Waals surface area (Å²) in [7, 11) is 4.52. The maximum absolute atomic E-state index is 2.48. The van der Waals surface area contributed by atoms with E-state index >= 15 is 0 Å². The maximum Gasteiger partial charge on any atom is 0.0479 e. The number of anilines is 2. The molecule has 0 aromatic heterocycles. The lowest BCUT2D eigenvalue weighted by molar-refractivity contribution is 0.740. The summed E-state index contributed by atoms with van der Waals surface area (Å²) in [5.41, 5.74) is 11.7. The van der Waals surface area contributed by atoms with Gasteiger partial charge in [-0.2, -0.15) is 0 Å². The van der Waals surface area contributed by atoms with Gasteiger partial charge in [0.2, 0.25) is 0 Å².